The van der Waals surface area contributed by atoms with E-state index in [4.69, 9.17) is 40.2 Å². The molecule has 2 aromatic carbocycles. The molecule has 1 amide bonds. The van der Waals surface area contributed by atoms with Crippen molar-refractivity contribution in [3.05, 3.63) is 62.1 Å². The summed E-state index contributed by atoms with van der Waals surface area (Å²) in [4.78, 5) is 22.5. The second-order valence-corrected chi connectivity index (χ2v) is 6.99. The number of hydrogen-bond donors (Lipinski definition) is 2. The third kappa shape index (κ3) is 6.33. The van der Waals surface area contributed by atoms with Gasteiger partial charge in [0.25, 0.3) is 5.69 Å². The lowest BCUT2D eigenvalue weighted by Gasteiger charge is -2.12. The molecule has 0 aromatic heterocycles. The van der Waals surface area contributed by atoms with E-state index in [0.717, 1.165) is 0 Å². The van der Waals surface area contributed by atoms with E-state index in [1.165, 1.54) is 12.1 Å². The molecule has 0 aliphatic heterocycles. The summed E-state index contributed by atoms with van der Waals surface area (Å²) in [5, 5.41) is 17.3. The quantitative estimate of drug-likeness (QED) is 0.275. The molecule has 0 radical (unpaired) electrons. The van der Waals surface area contributed by atoms with Gasteiger partial charge in [0.1, 0.15) is 5.75 Å². The number of thiocarbonyl (C=S) groups is 1. The Labute approximate surface area is 177 Å². The van der Waals surface area contributed by atoms with Crippen LogP contribution in [0.1, 0.15) is 18.4 Å². The van der Waals surface area contributed by atoms with Gasteiger partial charge >= 0.3 is 0 Å². The molecule has 0 aliphatic rings. The van der Waals surface area contributed by atoms with Crippen molar-refractivity contribution in [2.75, 3.05) is 11.9 Å². The van der Waals surface area contributed by atoms with Gasteiger partial charge in [-0.25, -0.2) is 0 Å². The molecule has 0 spiro atoms. The number of amides is 1. The van der Waals surface area contributed by atoms with Crippen molar-refractivity contribution in [1.82, 2.24) is 5.32 Å². The third-order valence-corrected chi connectivity index (χ3v) is 4.44. The van der Waals surface area contributed by atoms with Crippen molar-refractivity contribution in [2.45, 2.75) is 19.8 Å². The molecule has 10 heteroatoms. The normalized spacial score (nSPS) is 10.2. The number of rotatable bonds is 7. The molecule has 0 aliphatic carbocycles. The molecule has 28 heavy (non-hydrogen) atoms. The lowest BCUT2D eigenvalue weighted by Crippen LogP contribution is -2.34. The van der Waals surface area contributed by atoms with E-state index < -0.39 is 4.92 Å². The van der Waals surface area contributed by atoms with Crippen LogP contribution >= 0.6 is 35.4 Å². The van der Waals surface area contributed by atoms with Crippen LogP contribution in [0.5, 0.6) is 5.75 Å². The van der Waals surface area contributed by atoms with Crippen LogP contribution in [0.3, 0.4) is 0 Å². The number of benzene rings is 2. The molecular formula is C18H17Cl2N3O4S. The number of nitrogens with zero attached hydrogens (tertiary/aromatic N) is 1. The smallest absolute Gasteiger partial charge is 0.274 e. The molecule has 0 bridgehead atoms. The number of nitro groups is 1. The third-order valence-electron chi connectivity index (χ3n) is 3.70. The summed E-state index contributed by atoms with van der Waals surface area (Å²) in [7, 11) is 0. The molecular weight excluding hydrogens is 425 g/mol. The highest BCUT2D eigenvalue weighted by molar-refractivity contribution is 7.80. The lowest BCUT2D eigenvalue weighted by molar-refractivity contribution is -0.385. The van der Waals surface area contributed by atoms with Gasteiger partial charge in [-0.2, -0.15) is 0 Å². The van der Waals surface area contributed by atoms with Gasteiger partial charge in [0.05, 0.1) is 27.8 Å². The summed E-state index contributed by atoms with van der Waals surface area (Å²) >= 11 is 16.9. The van der Waals surface area contributed by atoms with Crippen molar-refractivity contribution >= 4 is 57.8 Å². The highest BCUT2D eigenvalue weighted by Crippen LogP contribution is 2.27. The Morgan fingerprint density at radius 3 is 2.71 bits per heavy atom. The van der Waals surface area contributed by atoms with Crippen molar-refractivity contribution in [2.24, 2.45) is 0 Å². The minimum Gasteiger partial charge on any atom is -0.492 e. The molecule has 0 saturated carbocycles. The van der Waals surface area contributed by atoms with Gasteiger partial charge in [-0.1, -0.05) is 29.3 Å². The van der Waals surface area contributed by atoms with E-state index >= 15 is 0 Å². The Balaban J connectivity index is 1.78. The van der Waals surface area contributed by atoms with Crippen LogP contribution in [0.25, 0.3) is 0 Å². The molecule has 2 aromatic rings. The summed E-state index contributed by atoms with van der Waals surface area (Å²) in [6.07, 6.45) is 0.629. The second kappa shape index (κ2) is 10.2. The first-order valence-electron chi connectivity index (χ1n) is 8.20. The van der Waals surface area contributed by atoms with Gasteiger partial charge in [0.15, 0.2) is 5.11 Å². The van der Waals surface area contributed by atoms with Crippen LogP contribution in [-0.4, -0.2) is 22.5 Å². The van der Waals surface area contributed by atoms with Crippen LogP contribution in [-0.2, 0) is 4.79 Å². The average Bonchev–Trinajstić information content (AvgIpc) is 2.61. The van der Waals surface area contributed by atoms with Crippen molar-refractivity contribution in [3.63, 3.8) is 0 Å². The zero-order valence-electron chi connectivity index (χ0n) is 14.8. The largest absolute Gasteiger partial charge is 0.492 e. The number of nitrogens with one attached hydrogen (secondary N) is 2. The average molecular weight is 442 g/mol. The molecule has 2 N–H and O–H groups in total. The van der Waals surface area contributed by atoms with Crippen LogP contribution in [0.4, 0.5) is 11.4 Å². The lowest BCUT2D eigenvalue weighted by atomic mass is 10.1. The zero-order chi connectivity index (χ0) is 20.7. The van der Waals surface area contributed by atoms with Crippen LogP contribution < -0.4 is 15.4 Å². The second-order valence-electron chi connectivity index (χ2n) is 5.74. The topological polar surface area (TPSA) is 93.5 Å². The summed E-state index contributed by atoms with van der Waals surface area (Å²) in [6, 6.07) is 9.47. The van der Waals surface area contributed by atoms with Gasteiger partial charge < -0.3 is 15.4 Å². The Kier molecular flexibility index (Phi) is 7.98. The maximum absolute atomic E-state index is 12.0. The van der Waals surface area contributed by atoms with Gasteiger partial charge in [-0.15, -0.1) is 0 Å². The van der Waals surface area contributed by atoms with Gasteiger partial charge in [-0.05, 0) is 49.8 Å². The minimum atomic E-state index is -0.477. The van der Waals surface area contributed by atoms with E-state index in [2.05, 4.69) is 10.6 Å². The SMILES string of the molecule is Cc1c(NC(=S)NC(=O)CCCOc2ccc(Cl)cc2Cl)cccc1[N+](=O)[O-]. The van der Waals surface area contributed by atoms with Crippen molar-refractivity contribution in [3.8, 4) is 5.75 Å². The number of anilines is 1. The first kappa shape index (κ1) is 21.9. The Morgan fingerprint density at radius 1 is 1.29 bits per heavy atom. The van der Waals surface area contributed by atoms with E-state index in [9.17, 15) is 14.9 Å². The molecule has 0 heterocycles. The minimum absolute atomic E-state index is 0.0304. The summed E-state index contributed by atoms with van der Waals surface area (Å²) in [6.45, 7) is 1.89. The Morgan fingerprint density at radius 2 is 2.04 bits per heavy atom. The van der Waals surface area contributed by atoms with Crippen LogP contribution in [0.15, 0.2) is 36.4 Å². The standard InChI is InChI=1S/C18H17Cl2N3O4S/c1-11-14(4-2-5-15(11)23(25)26)21-18(28)22-17(24)6-3-9-27-16-8-7-12(19)10-13(16)20/h2,4-5,7-8,10H,3,6,9H2,1H3,(H2,21,22,24,28). The van der Waals surface area contributed by atoms with E-state index in [0.29, 0.717) is 40.1 Å². The monoisotopic (exact) mass is 441 g/mol. The number of carbonyl (C=O) groups is 1. The predicted molar refractivity (Wildman–Crippen MR) is 113 cm³/mol. The molecule has 148 valence electrons. The number of nitro benzene ring substituents is 1. The fraction of sp³-hybridized carbons (Fsp3) is 0.222. The summed E-state index contributed by atoms with van der Waals surface area (Å²) in [5.74, 6) is 0.191. The number of ether oxygens (including phenoxy) is 1. The maximum Gasteiger partial charge on any atom is 0.274 e. The van der Waals surface area contributed by atoms with Gasteiger partial charge in [0.2, 0.25) is 5.91 Å². The van der Waals surface area contributed by atoms with E-state index in [1.54, 1.807) is 31.2 Å². The maximum atomic E-state index is 12.0. The van der Waals surface area contributed by atoms with Crippen LogP contribution in [0, 0.1) is 17.0 Å². The fourth-order valence-corrected chi connectivity index (χ4v) is 2.99. The van der Waals surface area contributed by atoms with Crippen LogP contribution in [0.2, 0.25) is 10.0 Å². The highest BCUT2D eigenvalue weighted by Gasteiger charge is 2.14. The summed E-state index contributed by atoms with van der Waals surface area (Å²) < 4.78 is 5.51. The van der Waals surface area contributed by atoms with E-state index in [1.807, 2.05) is 0 Å². The Hall–Kier alpha value is -2.42. The van der Waals surface area contributed by atoms with Crippen molar-refractivity contribution in [1.29, 1.82) is 0 Å². The fourth-order valence-electron chi connectivity index (χ4n) is 2.31. The molecule has 0 saturated heterocycles. The molecule has 0 unspecified atom stereocenters. The predicted octanol–water partition coefficient (Wildman–Crippen LogP) is 4.88. The number of carbonyl (C=O) groups excluding carboxylic acids is 1. The highest BCUT2D eigenvalue weighted by atomic mass is 35.5. The van der Waals surface area contributed by atoms with E-state index in [-0.39, 0.29) is 23.1 Å². The number of hydrogen-bond acceptors (Lipinski definition) is 5. The molecule has 0 atom stereocenters. The number of halogens is 2. The molecule has 7 nitrogen and oxygen atoms in total. The van der Waals surface area contributed by atoms with Gasteiger partial charge in [-0.3, -0.25) is 14.9 Å². The van der Waals surface area contributed by atoms with Crippen molar-refractivity contribution < 1.29 is 14.5 Å². The van der Waals surface area contributed by atoms with Gasteiger partial charge in [0, 0.05) is 17.5 Å². The summed E-state index contributed by atoms with van der Waals surface area (Å²) in [5.41, 5.74) is 0.856. The molecule has 0 fully saturated rings. The zero-order valence-corrected chi connectivity index (χ0v) is 17.2. The Bertz CT molecular complexity index is 908. The first-order chi connectivity index (χ1) is 13.3. The first-order valence-corrected chi connectivity index (χ1v) is 9.37. The molecule has 2 rings (SSSR count).